The molecular formula is C8H12BrN3O. The zero-order valence-corrected chi connectivity index (χ0v) is 9.18. The Morgan fingerprint density at radius 2 is 2.54 bits per heavy atom. The van der Waals surface area contributed by atoms with E-state index in [2.05, 4.69) is 31.4 Å². The summed E-state index contributed by atoms with van der Waals surface area (Å²) in [5, 5.41) is 9.20. The lowest BCUT2D eigenvalue weighted by Gasteiger charge is -2.09. The number of nitrogens with zero attached hydrogens (tertiary/aromatic N) is 1. The van der Waals surface area contributed by atoms with Gasteiger partial charge in [-0.15, -0.1) is 0 Å². The van der Waals surface area contributed by atoms with E-state index in [0.717, 1.165) is 6.42 Å². The monoisotopic (exact) mass is 245 g/mol. The average Bonchev–Trinajstić information content (AvgIpc) is 2.51. The van der Waals surface area contributed by atoms with Crippen molar-refractivity contribution in [1.82, 2.24) is 15.5 Å². The van der Waals surface area contributed by atoms with Crippen molar-refractivity contribution in [2.24, 2.45) is 0 Å². The highest BCUT2D eigenvalue weighted by molar-refractivity contribution is 9.10. The van der Waals surface area contributed by atoms with Crippen molar-refractivity contribution in [2.75, 3.05) is 0 Å². The van der Waals surface area contributed by atoms with Crippen molar-refractivity contribution in [2.45, 2.75) is 26.3 Å². The molecule has 1 atom stereocenters. The number of carbonyl (C=O) groups is 1. The van der Waals surface area contributed by atoms with Crippen molar-refractivity contribution in [3.05, 3.63) is 16.4 Å². The van der Waals surface area contributed by atoms with Gasteiger partial charge in [-0.3, -0.25) is 9.89 Å². The van der Waals surface area contributed by atoms with Crippen LogP contribution in [0.5, 0.6) is 0 Å². The zero-order valence-electron chi connectivity index (χ0n) is 7.60. The fraction of sp³-hybridized carbons (Fsp3) is 0.500. The van der Waals surface area contributed by atoms with Gasteiger partial charge in [0, 0.05) is 6.04 Å². The number of nitrogens with one attached hydrogen (secondary N) is 2. The van der Waals surface area contributed by atoms with Crippen molar-refractivity contribution in [3.63, 3.8) is 0 Å². The number of hydrogen-bond donors (Lipinski definition) is 2. The third-order valence-corrected chi connectivity index (χ3v) is 2.41. The third kappa shape index (κ3) is 2.55. The fourth-order valence-corrected chi connectivity index (χ4v) is 1.20. The van der Waals surface area contributed by atoms with Gasteiger partial charge in [0.05, 0.1) is 10.7 Å². The second-order valence-corrected chi connectivity index (χ2v) is 3.73. The van der Waals surface area contributed by atoms with Crippen molar-refractivity contribution >= 4 is 21.8 Å². The Morgan fingerprint density at radius 1 is 1.85 bits per heavy atom. The first kappa shape index (κ1) is 10.2. The smallest absolute Gasteiger partial charge is 0.270 e. The quantitative estimate of drug-likeness (QED) is 0.852. The number of halogens is 1. The molecule has 4 nitrogen and oxygen atoms in total. The molecule has 13 heavy (non-hydrogen) atoms. The van der Waals surface area contributed by atoms with E-state index in [1.165, 1.54) is 0 Å². The lowest BCUT2D eigenvalue weighted by molar-refractivity contribution is 0.0933. The van der Waals surface area contributed by atoms with Crippen LogP contribution in [0.1, 0.15) is 30.8 Å². The highest BCUT2D eigenvalue weighted by Crippen LogP contribution is 2.12. The number of rotatable bonds is 3. The molecule has 1 rings (SSSR count). The summed E-state index contributed by atoms with van der Waals surface area (Å²) >= 11 is 3.22. The summed E-state index contributed by atoms with van der Waals surface area (Å²) in [7, 11) is 0. The molecule has 1 aromatic heterocycles. The lowest BCUT2D eigenvalue weighted by atomic mass is 10.2. The topological polar surface area (TPSA) is 57.8 Å². The largest absolute Gasteiger partial charge is 0.348 e. The normalized spacial score (nSPS) is 12.5. The number of aromatic nitrogens is 2. The summed E-state index contributed by atoms with van der Waals surface area (Å²) in [4.78, 5) is 11.5. The van der Waals surface area contributed by atoms with Crippen LogP contribution in [-0.4, -0.2) is 22.1 Å². The highest BCUT2D eigenvalue weighted by Gasteiger charge is 2.13. The Hall–Kier alpha value is -0.840. The Kier molecular flexibility index (Phi) is 3.48. The number of H-pyrrole nitrogens is 1. The zero-order chi connectivity index (χ0) is 9.84. The number of hydrogen-bond acceptors (Lipinski definition) is 2. The fourth-order valence-electron chi connectivity index (χ4n) is 0.829. The maximum absolute atomic E-state index is 11.5. The first-order chi connectivity index (χ1) is 6.15. The second kappa shape index (κ2) is 4.41. The summed E-state index contributed by atoms with van der Waals surface area (Å²) < 4.78 is 0.688. The van der Waals surface area contributed by atoms with Crippen LogP contribution in [0.4, 0.5) is 0 Å². The van der Waals surface area contributed by atoms with E-state index in [9.17, 15) is 4.79 Å². The molecule has 0 radical (unpaired) electrons. The van der Waals surface area contributed by atoms with Crippen molar-refractivity contribution in [1.29, 1.82) is 0 Å². The maximum atomic E-state index is 11.5. The van der Waals surface area contributed by atoms with Gasteiger partial charge in [-0.1, -0.05) is 6.92 Å². The molecule has 0 saturated heterocycles. The number of aromatic amines is 1. The van der Waals surface area contributed by atoms with Crippen LogP contribution in [0.3, 0.4) is 0 Å². The third-order valence-electron chi connectivity index (χ3n) is 1.81. The van der Waals surface area contributed by atoms with Gasteiger partial charge in [-0.2, -0.15) is 5.10 Å². The Morgan fingerprint density at radius 3 is 3.00 bits per heavy atom. The Labute approximate surface area is 85.2 Å². The molecular weight excluding hydrogens is 234 g/mol. The number of carbonyl (C=O) groups excluding carboxylic acids is 1. The van der Waals surface area contributed by atoms with E-state index in [1.54, 1.807) is 6.20 Å². The second-order valence-electron chi connectivity index (χ2n) is 2.88. The summed E-state index contributed by atoms with van der Waals surface area (Å²) in [6.45, 7) is 3.98. The number of amides is 1. The van der Waals surface area contributed by atoms with E-state index in [4.69, 9.17) is 0 Å². The lowest BCUT2D eigenvalue weighted by Crippen LogP contribution is -2.32. The molecule has 1 aromatic rings. The summed E-state index contributed by atoms with van der Waals surface area (Å²) in [6.07, 6.45) is 2.48. The maximum Gasteiger partial charge on any atom is 0.270 e. The molecule has 1 unspecified atom stereocenters. The summed E-state index contributed by atoms with van der Waals surface area (Å²) in [5.41, 5.74) is 0.473. The molecule has 0 aromatic carbocycles. The standard InChI is InChI=1S/C8H12BrN3O/c1-3-5(2)11-8(13)7-6(9)4-10-12-7/h4-5H,3H2,1-2H3,(H,10,12)(H,11,13). The van der Waals surface area contributed by atoms with Crippen molar-refractivity contribution < 1.29 is 4.79 Å². The predicted molar refractivity (Wildman–Crippen MR) is 53.5 cm³/mol. The van der Waals surface area contributed by atoms with E-state index in [0.29, 0.717) is 10.2 Å². The van der Waals surface area contributed by atoms with E-state index in [-0.39, 0.29) is 11.9 Å². The molecule has 72 valence electrons. The minimum atomic E-state index is -0.126. The SMILES string of the molecule is CCC(C)NC(=O)c1[nH]ncc1Br. The van der Waals surface area contributed by atoms with Gasteiger partial charge in [0.2, 0.25) is 0 Å². The van der Waals surface area contributed by atoms with Gasteiger partial charge in [0.25, 0.3) is 5.91 Å². The van der Waals surface area contributed by atoms with Crippen LogP contribution in [-0.2, 0) is 0 Å². The van der Waals surface area contributed by atoms with E-state index < -0.39 is 0 Å². The van der Waals surface area contributed by atoms with Crippen LogP contribution in [0.2, 0.25) is 0 Å². The Bertz CT molecular complexity index is 297. The molecule has 0 saturated carbocycles. The molecule has 0 aliphatic heterocycles. The van der Waals surface area contributed by atoms with Crippen LogP contribution in [0, 0.1) is 0 Å². The van der Waals surface area contributed by atoms with Crippen LogP contribution in [0.25, 0.3) is 0 Å². The van der Waals surface area contributed by atoms with Gasteiger partial charge < -0.3 is 5.32 Å². The minimum absolute atomic E-state index is 0.126. The van der Waals surface area contributed by atoms with E-state index >= 15 is 0 Å². The molecule has 5 heteroatoms. The first-order valence-electron chi connectivity index (χ1n) is 4.14. The van der Waals surface area contributed by atoms with Gasteiger partial charge in [-0.25, -0.2) is 0 Å². The first-order valence-corrected chi connectivity index (χ1v) is 4.94. The van der Waals surface area contributed by atoms with Gasteiger partial charge in [0.1, 0.15) is 5.69 Å². The average molecular weight is 246 g/mol. The van der Waals surface area contributed by atoms with Crippen LogP contribution in [0.15, 0.2) is 10.7 Å². The summed E-state index contributed by atoms with van der Waals surface area (Å²) in [6, 6.07) is 0.183. The van der Waals surface area contributed by atoms with Crippen LogP contribution >= 0.6 is 15.9 Å². The Balaban J connectivity index is 2.64. The molecule has 0 aliphatic carbocycles. The molecule has 1 amide bonds. The highest BCUT2D eigenvalue weighted by atomic mass is 79.9. The minimum Gasteiger partial charge on any atom is -0.348 e. The molecule has 1 heterocycles. The predicted octanol–water partition coefficient (Wildman–Crippen LogP) is 1.70. The molecule has 0 aliphatic rings. The molecule has 2 N–H and O–H groups in total. The van der Waals surface area contributed by atoms with Gasteiger partial charge in [0.15, 0.2) is 0 Å². The molecule has 0 bridgehead atoms. The summed E-state index contributed by atoms with van der Waals surface area (Å²) in [5.74, 6) is -0.126. The van der Waals surface area contributed by atoms with Crippen LogP contribution < -0.4 is 5.32 Å². The van der Waals surface area contributed by atoms with Crippen molar-refractivity contribution in [3.8, 4) is 0 Å². The van der Waals surface area contributed by atoms with Gasteiger partial charge >= 0.3 is 0 Å². The van der Waals surface area contributed by atoms with Gasteiger partial charge in [-0.05, 0) is 29.3 Å². The molecule has 0 fully saturated rings. The molecule has 0 spiro atoms. The van der Waals surface area contributed by atoms with E-state index in [1.807, 2.05) is 13.8 Å².